The first-order valence-corrected chi connectivity index (χ1v) is 10.7. The summed E-state index contributed by atoms with van der Waals surface area (Å²) in [6.07, 6.45) is 1.06. The molecule has 1 heterocycles. The monoisotopic (exact) mass is 441 g/mol. The number of carbonyl (C=O) groups is 2. The van der Waals surface area contributed by atoms with E-state index in [0.717, 1.165) is 11.3 Å². The Bertz CT molecular complexity index is 1050. The second-order valence-electron chi connectivity index (χ2n) is 7.91. The van der Waals surface area contributed by atoms with Gasteiger partial charge in [-0.2, -0.15) is 0 Å². The molecule has 7 heteroatoms. The van der Waals surface area contributed by atoms with E-state index in [4.69, 9.17) is 21.1 Å². The molecule has 1 amide bonds. The van der Waals surface area contributed by atoms with Crippen LogP contribution >= 0.6 is 11.6 Å². The van der Waals surface area contributed by atoms with Crippen molar-refractivity contribution in [3.63, 3.8) is 0 Å². The van der Waals surface area contributed by atoms with Crippen LogP contribution in [-0.2, 0) is 9.59 Å². The van der Waals surface area contributed by atoms with Gasteiger partial charge >= 0.3 is 0 Å². The molecule has 0 saturated heterocycles. The highest BCUT2D eigenvalue weighted by molar-refractivity contribution is 6.32. The lowest BCUT2D eigenvalue weighted by Gasteiger charge is -2.36. The van der Waals surface area contributed by atoms with Gasteiger partial charge in [-0.05, 0) is 54.7 Å². The second-order valence-corrected chi connectivity index (χ2v) is 8.32. The van der Waals surface area contributed by atoms with Crippen LogP contribution in [0.1, 0.15) is 49.1 Å². The van der Waals surface area contributed by atoms with Gasteiger partial charge in [-0.1, -0.05) is 23.7 Å². The van der Waals surface area contributed by atoms with Crippen LogP contribution in [0.3, 0.4) is 0 Å². The van der Waals surface area contributed by atoms with Gasteiger partial charge in [-0.15, -0.1) is 0 Å². The van der Waals surface area contributed by atoms with Crippen molar-refractivity contribution in [1.82, 2.24) is 0 Å². The highest BCUT2D eigenvalue weighted by atomic mass is 35.5. The Morgan fingerprint density at radius 1 is 1.10 bits per heavy atom. The lowest BCUT2D eigenvalue weighted by Crippen LogP contribution is -2.40. The van der Waals surface area contributed by atoms with Crippen LogP contribution in [0, 0.1) is 5.92 Å². The summed E-state index contributed by atoms with van der Waals surface area (Å²) in [5.74, 6) is -0.194. The third-order valence-electron chi connectivity index (χ3n) is 6.04. The zero-order valence-corrected chi connectivity index (χ0v) is 18.2. The largest absolute Gasteiger partial charge is 0.503 e. The van der Waals surface area contributed by atoms with Crippen LogP contribution in [0.5, 0.6) is 17.2 Å². The highest BCUT2D eigenvalue weighted by Crippen LogP contribution is 2.45. The fraction of sp³-hybridized carbons (Fsp3) is 0.375. The molecule has 0 bridgehead atoms. The van der Waals surface area contributed by atoms with E-state index in [9.17, 15) is 14.7 Å². The number of methoxy groups -OCH3 is 1. The van der Waals surface area contributed by atoms with Gasteiger partial charge in [0.1, 0.15) is 11.5 Å². The van der Waals surface area contributed by atoms with E-state index in [1.54, 1.807) is 26.2 Å². The molecule has 0 spiro atoms. The Kier molecular flexibility index (Phi) is 6.01. The van der Waals surface area contributed by atoms with Crippen LogP contribution < -0.4 is 9.47 Å². The summed E-state index contributed by atoms with van der Waals surface area (Å²) in [5.41, 5.74) is 2.35. The molecule has 1 fully saturated rings. The van der Waals surface area contributed by atoms with E-state index in [1.807, 2.05) is 24.3 Å². The number of fused-ring (bicyclic) bond motifs is 1. The lowest BCUT2D eigenvalue weighted by molar-refractivity contribution is -0.124. The molecule has 1 aliphatic heterocycles. The molecule has 0 radical (unpaired) electrons. The molecule has 1 aliphatic carbocycles. The molecule has 3 atom stereocenters. The molecular formula is C24H24ClNO5. The van der Waals surface area contributed by atoms with Gasteiger partial charge in [0.2, 0.25) is 5.91 Å². The lowest BCUT2D eigenvalue weighted by atomic mass is 9.67. The number of hydrogen-bond donors (Lipinski definition) is 1. The normalized spacial score (nSPS) is 23.2. The summed E-state index contributed by atoms with van der Waals surface area (Å²) < 4.78 is 10.7. The first-order valence-electron chi connectivity index (χ1n) is 10.3. The van der Waals surface area contributed by atoms with E-state index in [-0.39, 0.29) is 46.5 Å². The number of benzene rings is 2. The van der Waals surface area contributed by atoms with Gasteiger partial charge in [0, 0.05) is 24.5 Å². The van der Waals surface area contributed by atoms with Crippen molar-refractivity contribution in [1.29, 1.82) is 0 Å². The topological polar surface area (TPSA) is 85.2 Å². The Hall–Kier alpha value is -2.86. The number of Topliss-reactive ketones (excluding diaryl/α,β-unsaturated/α-hetero) is 1. The number of hydrogen-bond acceptors (Lipinski definition) is 5. The molecule has 162 valence electrons. The number of rotatable bonds is 5. The number of phenols is 1. The fourth-order valence-corrected chi connectivity index (χ4v) is 4.81. The number of ketones is 1. The smallest absolute Gasteiger partial charge is 0.246 e. The van der Waals surface area contributed by atoms with E-state index >= 15 is 0 Å². The van der Waals surface area contributed by atoms with Crippen molar-refractivity contribution in [2.75, 3.05) is 13.7 Å². The van der Waals surface area contributed by atoms with Crippen molar-refractivity contribution in [3.05, 3.63) is 52.5 Å². The van der Waals surface area contributed by atoms with Crippen molar-refractivity contribution in [3.8, 4) is 17.2 Å². The maximum absolute atomic E-state index is 13.3. The van der Waals surface area contributed by atoms with E-state index in [0.29, 0.717) is 30.7 Å². The minimum absolute atomic E-state index is 0.0256. The number of aromatic hydroxyl groups is 1. The Labute approximate surface area is 185 Å². The van der Waals surface area contributed by atoms with Gasteiger partial charge in [-0.25, -0.2) is 4.99 Å². The average molecular weight is 442 g/mol. The summed E-state index contributed by atoms with van der Waals surface area (Å²) in [5, 5.41) is 10.3. The quantitative estimate of drug-likeness (QED) is 0.728. The number of carbonyl (C=O) groups excluding carboxylic acids is 2. The Balaban J connectivity index is 1.66. The second kappa shape index (κ2) is 8.71. The Morgan fingerprint density at radius 2 is 1.84 bits per heavy atom. The minimum atomic E-state index is -0.470. The first kappa shape index (κ1) is 21.4. The maximum Gasteiger partial charge on any atom is 0.246 e. The average Bonchev–Trinajstić information content (AvgIpc) is 2.76. The molecule has 2 aromatic rings. The summed E-state index contributed by atoms with van der Waals surface area (Å²) in [6, 6.07) is 10.9. The van der Waals surface area contributed by atoms with Crippen molar-refractivity contribution in [2.24, 2.45) is 10.9 Å². The van der Waals surface area contributed by atoms with Crippen molar-refractivity contribution < 1.29 is 24.2 Å². The van der Waals surface area contributed by atoms with Gasteiger partial charge in [0.05, 0.1) is 24.7 Å². The van der Waals surface area contributed by atoms with Gasteiger partial charge < -0.3 is 14.6 Å². The molecule has 2 aromatic carbocycles. The fourth-order valence-electron chi connectivity index (χ4n) is 4.59. The van der Waals surface area contributed by atoms with Gasteiger partial charge in [-0.3, -0.25) is 9.59 Å². The molecule has 1 saturated carbocycles. The van der Waals surface area contributed by atoms with Crippen LogP contribution in [0.4, 0.5) is 0 Å². The van der Waals surface area contributed by atoms with Gasteiger partial charge in [0.25, 0.3) is 0 Å². The predicted molar refractivity (Wildman–Crippen MR) is 118 cm³/mol. The van der Waals surface area contributed by atoms with Crippen LogP contribution in [0.15, 0.2) is 41.4 Å². The molecule has 4 rings (SSSR count). The van der Waals surface area contributed by atoms with Crippen molar-refractivity contribution >= 4 is 29.0 Å². The molecule has 0 aromatic heterocycles. The highest BCUT2D eigenvalue weighted by Gasteiger charge is 2.43. The van der Waals surface area contributed by atoms with E-state index < -0.39 is 5.92 Å². The molecule has 6 nitrogen and oxygen atoms in total. The van der Waals surface area contributed by atoms with E-state index in [1.165, 1.54) is 0 Å². The predicted octanol–water partition coefficient (Wildman–Crippen LogP) is 4.67. The van der Waals surface area contributed by atoms with Gasteiger partial charge in [0.15, 0.2) is 11.5 Å². The number of aliphatic imine (C=N–C) groups is 1. The Morgan fingerprint density at radius 3 is 2.52 bits per heavy atom. The van der Waals surface area contributed by atoms with E-state index in [2.05, 4.69) is 4.99 Å². The molecule has 31 heavy (non-hydrogen) atoms. The van der Waals surface area contributed by atoms with Crippen LogP contribution in [0.2, 0.25) is 5.02 Å². The minimum Gasteiger partial charge on any atom is -0.503 e. The standard InChI is InChI=1S/C24H24ClNO5/c1-3-31-21-11-15(8-18(25)24(21)29)17-12-22(28)26-19-9-14(10-20(27)23(17)19)13-4-6-16(30-2)7-5-13/h4-8,11,14,17,23,29H,3,9-10,12H2,1-2H3. The molecule has 3 unspecified atom stereocenters. The molecule has 1 N–H and O–H groups in total. The number of halogens is 1. The number of phenolic OH excluding ortho intramolecular Hbond substituents is 1. The molecular weight excluding hydrogens is 418 g/mol. The van der Waals surface area contributed by atoms with Crippen LogP contribution in [0.25, 0.3) is 0 Å². The summed E-state index contributed by atoms with van der Waals surface area (Å²) in [6.45, 7) is 2.16. The zero-order valence-electron chi connectivity index (χ0n) is 17.4. The summed E-state index contributed by atoms with van der Waals surface area (Å²) in [4.78, 5) is 30.0. The zero-order chi connectivity index (χ0) is 22.1. The third-order valence-corrected chi connectivity index (χ3v) is 6.33. The van der Waals surface area contributed by atoms with Crippen molar-refractivity contribution in [2.45, 2.75) is 38.0 Å². The SMILES string of the molecule is CCOc1cc(C2CC(=O)N=C3CC(c4ccc(OC)cc4)CC(=O)C32)cc(Cl)c1O. The number of ether oxygens (including phenoxy) is 2. The molecule has 2 aliphatic rings. The third kappa shape index (κ3) is 4.17. The maximum atomic E-state index is 13.3. The number of nitrogens with zero attached hydrogens (tertiary/aromatic N) is 1. The summed E-state index contributed by atoms with van der Waals surface area (Å²) in [7, 11) is 1.61. The number of amides is 1. The van der Waals surface area contributed by atoms with Crippen LogP contribution in [-0.4, -0.2) is 36.2 Å². The first-order chi connectivity index (χ1) is 14.9. The summed E-state index contributed by atoms with van der Waals surface area (Å²) >= 11 is 6.21.